The summed E-state index contributed by atoms with van der Waals surface area (Å²) in [6, 6.07) is 5.50. The van der Waals surface area contributed by atoms with E-state index in [1.807, 2.05) is 0 Å². The third kappa shape index (κ3) is 3.71. The fraction of sp³-hybridized carbons (Fsp3) is 0.375. The Kier molecular flexibility index (Phi) is 4.93. The molecule has 122 valence electrons. The normalized spacial score (nSPS) is 17.9. The van der Waals surface area contributed by atoms with Crippen molar-refractivity contribution in [1.82, 2.24) is 9.78 Å². The van der Waals surface area contributed by atoms with Crippen molar-refractivity contribution in [1.29, 1.82) is 0 Å². The number of rotatable bonds is 4. The van der Waals surface area contributed by atoms with Gasteiger partial charge in [-0.05, 0) is 43.0 Å². The zero-order valence-corrected chi connectivity index (χ0v) is 13.2. The molecule has 0 amide bonds. The van der Waals surface area contributed by atoms with Crippen LogP contribution in [-0.2, 0) is 4.74 Å². The molecule has 0 saturated carbocycles. The highest BCUT2D eigenvalue weighted by molar-refractivity contribution is 6.32. The van der Waals surface area contributed by atoms with Crippen LogP contribution in [-0.4, -0.2) is 29.5 Å². The third-order valence-corrected chi connectivity index (χ3v) is 4.19. The van der Waals surface area contributed by atoms with Crippen LogP contribution in [0.3, 0.4) is 0 Å². The summed E-state index contributed by atoms with van der Waals surface area (Å²) in [6.07, 6.45) is 3.64. The summed E-state index contributed by atoms with van der Waals surface area (Å²) in [5, 5.41) is 7.34. The number of hydrogen-bond acceptors (Lipinski definition) is 4. The Morgan fingerprint density at radius 2 is 2.17 bits per heavy atom. The molecule has 7 heteroatoms. The molecular formula is C16H17ClFN3O2. The van der Waals surface area contributed by atoms with E-state index in [-0.39, 0.29) is 10.8 Å². The Bertz CT molecular complexity index is 727. The second-order valence-corrected chi connectivity index (χ2v) is 5.91. The van der Waals surface area contributed by atoms with Gasteiger partial charge in [0.2, 0.25) is 0 Å². The molecule has 1 aliphatic rings. The quantitative estimate of drug-likeness (QED) is 0.932. The van der Waals surface area contributed by atoms with Crippen LogP contribution in [0, 0.1) is 11.7 Å². The lowest BCUT2D eigenvalue weighted by molar-refractivity contribution is 0.0595. The molecule has 1 atom stereocenters. The molecule has 0 radical (unpaired) electrons. The summed E-state index contributed by atoms with van der Waals surface area (Å²) in [4.78, 5) is 12.3. The van der Waals surface area contributed by atoms with E-state index < -0.39 is 5.56 Å². The van der Waals surface area contributed by atoms with Crippen LogP contribution >= 0.6 is 11.6 Å². The van der Waals surface area contributed by atoms with Gasteiger partial charge in [0.05, 0.1) is 24.2 Å². The molecule has 1 aromatic carbocycles. The Labute approximate surface area is 138 Å². The highest BCUT2D eigenvalue weighted by Gasteiger charge is 2.16. The van der Waals surface area contributed by atoms with Crippen molar-refractivity contribution in [2.75, 3.05) is 25.1 Å². The zero-order valence-electron chi connectivity index (χ0n) is 12.5. The first-order valence-electron chi connectivity index (χ1n) is 7.50. The van der Waals surface area contributed by atoms with Crippen LogP contribution in [0.25, 0.3) is 5.69 Å². The maximum atomic E-state index is 13.0. The van der Waals surface area contributed by atoms with Crippen molar-refractivity contribution in [3.8, 4) is 5.69 Å². The fourth-order valence-electron chi connectivity index (χ4n) is 2.54. The fourth-order valence-corrected chi connectivity index (χ4v) is 2.74. The molecule has 0 aliphatic carbocycles. The number of nitrogens with one attached hydrogen (secondary N) is 1. The number of halogens is 2. The zero-order chi connectivity index (χ0) is 16.2. The van der Waals surface area contributed by atoms with E-state index >= 15 is 0 Å². The number of benzene rings is 1. The summed E-state index contributed by atoms with van der Waals surface area (Å²) in [7, 11) is 0. The number of ether oxygens (including phenoxy) is 1. The van der Waals surface area contributed by atoms with Crippen molar-refractivity contribution in [3.63, 3.8) is 0 Å². The Hall–Kier alpha value is -1.92. The van der Waals surface area contributed by atoms with Gasteiger partial charge in [-0.1, -0.05) is 11.6 Å². The molecule has 0 spiro atoms. The topological polar surface area (TPSA) is 56.1 Å². The lowest BCUT2D eigenvalue weighted by Gasteiger charge is -2.22. The SMILES string of the molecule is O=c1c(Cl)c(NCC2CCCOC2)cnn1-c1ccc(F)cc1. The predicted octanol–water partition coefficient (Wildman–Crippen LogP) is 2.86. The molecule has 1 aliphatic heterocycles. The Morgan fingerprint density at radius 1 is 1.39 bits per heavy atom. The van der Waals surface area contributed by atoms with E-state index in [1.165, 1.54) is 30.5 Å². The van der Waals surface area contributed by atoms with Crippen LogP contribution in [0.1, 0.15) is 12.8 Å². The maximum Gasteiger partial charge on any atom is 0.292 e. The lowest BCUT2D eigenvalue weighted by Crippen LogP contribution is -2.26. The Morgan fingerprint density at radius 3 is 2.87 bits per heavy atom. The van der Waals surface area contributed by atoms with Crippen LogP contribution in [0.5, 0.6) is 0 Å². The van der Waals surface area contributed by atoms with E-state index in [2.05, 4.69) is 10.4 Å². The molecule has 1 aromatic heterocycles. The van der Waals surface area contributed by atoms with Crippen molar-refractivity contribution in [3.05, 3.63) is 51.7 Å². The minimum absolute atomic E-state index is 0.0704. The van der Waals surface area contributed by atoms with Gasteiger partial charge in [0.1, 0.15) is 10.8 Å². The summed E-state index contributed by atoms with van der Waals surface area (Å²) in [5.41, 5.74) is 0.523. The van der Waals surface area contributed by atoms with E-state index in [0.29, 0.717) is 30.4 Å². The van der Waals surface area contributed by atoms with Gasteiger partial charge >= 0.3 is 0 Å². The van der Waals surface area contributed by atoms with Crippen LogP contribution in [0.15, 0.2) is 35.3 Å². The summed E-state index contributed by atoms with van der Waals surface area (Å²) < 4.78 is 19.5. The van der Waals surface area contributed by atoms with Gasteiger partial charge in [0, 0.05) is 13.2 Å². The standard InChI is InChI=1S/C16H17ClFN3O2/c17-15-14(19-8-11-2-1-7-23-10-11)9-20-21(16(15)22)13-5-3-12(18)4-6-13/h3-6,9,11,19H,1-2,7-8,10H2. The summed E-state index contributed by atoms with van der Waals surface area (Å²) in [6.45, 7) is 2.21. The first kappa shape index (κ1) is 16.0. The van der Waals surface area contributed by atoms with Gasteiger partial charge < -0.3 is 10.1 Å². The maximum absolute atomic E-state index is 13.0. The predicted molar refractivity (Wildman–Crippen MR) is 86.8 cm³/mol. The van der Waals surface area contributed by atoms with Crippen molar-refractivity contribution >= 4 is 17.3 Å². The molecule has 2 aromatic rings. The largest absolute Gasteiger partial charge is 0.382 e. The van der Waals surface area contributed by atoms with E-state index in [4.69, 9.17) is 16.3 Å². The van der Waals surface area contributed by atoms with Crippen molar-refractivity contribution < 1.29 is 9.13 Å². The lowest BCUT2D eigenvalue weighted by atomic mass is 10.0. The van der Waals surface area contributed by atoms with Gasteiger partial charge in [0.25, 0.3) is 5.56 Å². The van der Waals surface area contributed by atoms with Gasteiger partial charge in [-0.3, -0.25) is 4.79 Å². The van der Waals surface area contributed by atoms with E-state index in [0.717, 1.165) is 24.1 Å². The molecule has 23 heavy (non-hydrogen) atoms. The van der Waals surface area contributed by atoms with Crippen molar-refractivity contribution in [2.45, 2.75) is 12.8 Å². The second-order valence-electron chi connectivity index (χ2n) is 5.53. The molecule has 1 N–H and O–H groups in total. The van der Waals surface area contributed by atoms with Gasteiger partial charge in [-0.15, -0.1) is 0 Å². The van der Waals surface area contributed by atoms with E-state index in [1.54, 1.807) is 0 Å². The van der Waals surface area contributed by atoms with Gasteiger partial charge in [0.15, 0.2) is 0 Å². The highest BCUT2D eigenvalue weighted by Crippen LogP contribution is 2.19. The van der Waals surface area contributed by atoms with Crippen molar-refractivity contribution in [2.24, 2.45) is 5.92 Å². The monoisotopic (exact) mass is 337 g/mol. The first-order chi connectivity index (χ1) is 11.1. The molecule has 1 saturated heterocycles. The van der Waals surface area contributed by atoms with E-state index in [9.17, 15) is 9.18 Å². The molecule has 1 unspecified atom stereocenters. The average molecular weight is 338 g/mol. The van der Waals surface area contributed by atoms with Gasteiger partial charge in [-0.25, -0.2) is 4.39 Å². The summed E-state index contributed by atoms with van der Waals surface area (Å²) >= 11 is 6.16. The van der Waals surface area contributed by atoms with Crippen LogP contribution in [0.2, 0.25) is 5.02 Å². The molecule has 0 bridgehead atoms. The minimum atomic E-state index is -0.442. The van der Waals surface area contributed by atoms with Crippen LogP contribution in [0.4, 0.5) is 10.1 Å². The third-order valence-electron chi connectivity index (χ3n) is 3.83. The van der Waals surface area contributed by atoms with Crippen LogP contribution < -0.4 is 10.9 Å². The number of anilines is 1. The molecule has 1 fully saturated rings. The number of aromatic nitrogens is 2. The molecular weight excluding hydrogens is 321 g/mol. The minimum Gasteiger partial charge on any atom is -0.382 e. The number of nitrogens with zero attached hydrogens (tertiary/aromatic N) is 2. The molecule has 2 heterocycles. The van der Waals surface area contributed by atoms with Gasteiger partial charge in [-0.2, -0.15) is 9.78 Å². The first-order valence-corrected chi connectivity index (χ1v) is 7.88. The molecule has 5 nitrogen and oxygen atoms in total. The summed E-state index contributed by atoms with van der Waals surface area (Å²) in [5.74, 6) is 0.0280. The smallest absolute Gasteiger partial charge is 0.292 e. The Balaban J connectivity index is 1.77. The second kappa shape index (κ2) is 7.10. The highest BCUT2D eigenvalue weighted by atomic mass is 35.5. The average Bonchev–Trinajstić information content (AvgIpc) is 2.58. The molecule has 3 rings (SSSR count). The number of hydrogen-bond donors (Lipinski definition) is 1.